The van der Waals surface area contributed by atoms with Crippen LogP contribution in [0.5, 0.6) is 0 Å². The summed E-state index contributed by atoms with van der Waals surface area (Å²) in [5.74, 6) is 1.79. The number of hydrogen-bond acceptors (Lipinski definition) is 2. The van der Waals surface area contributed by atoms with Crippen LogP contribution in [0, 0.1) is 11.8 Å². The van der Waals surface area contributed by atoms with Crippen LogP contribution in [0.3, 0.4) is 0 Å². The second-order valence-corrected chi connectivity index (χ2v) is 5.49. The lowest BCUT2D eigenvalue weighted by atomic mass is 9.88. The fraction of sp³-hybridized carbons (Fsp3) is 1.00. The average molecular weight is 210 g/mol. The summed E-state index contributed by atoms with van der Waals surface area (Å²) < 4.78 is 0. The Morgan fingerprint density at radius 1 is 1.13 bits per heavy atom. The molecular formula is C13H26N2. The van der Waals surface area contributed by atoms with Gasteiger partial charge in [-0.25, -0.2) is 0 Å². The Kier molecular flexibility index (Phi) is 4.45. The lowest BCUT2D eigenvalue weighted by Gasteiger charge is -2.33. The lowest BCUT2D eigenvalue weighted by Crippen LogP contribution is -2.48. The highest BCUT2D eigenvalue weighted by molar-refractivity contribution is 4.81. The van der Waals surface area contributed by atoms with Gasteiger partial charge in [0.1, 0.15) is 0 Å². The van der Waals surface area contributed by atoms with E-state index in [1.54, 1.807) is 0 Å². The van der Waals surface area contributed by atoms with Gasteiger partial charge in [0, 0.05) is 6.04 Å². The molecular weight excluding hydrogens is 184 g/mol. The Labute approximate surface area is 94.2 Å². The van der Waals surface area contributed by atoms with E-state index >= 15 is 0 Å². The lowest BCUT2D eigenvalue weighted by molar-refractivity contribution is 0.234. The molecule has 0 spiro atoms. The maximum absolute atomic E-state index is 3.78. The number of hydrogen-bond donors (Lipinski definition) is 2. The highest BCUT2D eigenvalue weighted by Crippen LogP contribution is 2.19. The molecule has 2 nitrogen and oxygen atoms in total. The molecule has 0 amide bonds. The van der Waals surface area contributed by atoms with Crippen LogP contribution in [0.2, 0.25) is 0 Å². The van der Waals surface area contributed by atoms with Gasteiger partial charge in [0.15, 0.2) is 0 Å². The zero-order valence-electron chi connectivity index (χ0n) is 10.1. The molecule has 0 bridgehead atoms. The van der Waals surface area contributed by atoms with Crippen LogP contribution >= 0.6 is 0 Å². The highest BCUT2D eigenvalue weighted by Gasteiger charge is 2.23. The minimum Gasteiger partial charge on any atom is -0.316 e. The Morgan fingerprint density at radius 3 is 2.33 bits per heavy atom. The molecule has 1 aliphatic carbocycles. The molecule has 15 heavy (non-hydrogen) atoms. The molecule has 1 atom stereocenters. The first kappa shape index (κ1) is 11.4. The maximum Gasteiger partial charge on any atom is 0.00671 e. The van der Waals surface area contributed by atoms with E-state index in [4.69, 9.17) is 0 Å². The molecule has 2 fully saturated rings. The van der Waals surface area contributed by atoms with Gasteiger partial charge in [-0.15, -0.1) is 0 Å². The number of rotatable bonds is 4. The fourth-order valence-electron chi connectivity index (χ4n) is 2.72. The average Bonchev–Trinajstić information content (AvgIpc) is 2.40. The maximum atomic E-state index is 3.78. The molecule has 0 radical (unpaired) electrons. The quantitative estimate of drug-likeness (QED) is 0.695. The Balaban J connectivity index is 1.62. The van der Waals surface area contributed by atoms with Gasteiger partial charge >= 0.3 is 0 Å². The third-order valence-electron chi connectivity index (χ3n) is 4.20. The van der Waals surface area contributed by atoms with Gasteiger partial charge in [-0.3, -0.25) is 0 Å². The number of nitrogens with one attached hydrogen (secondary N) is 2. The van der Waals surface area contributed by atoms with Crippen LogP contribution in [0.1, 0.15) is 45.4 Å². The summed E-state index contributed by atoms with van der Waals surface area (Å²) in [5.41, 5.74) is 0. The van der Waals surface area contributed by atoms with E-state index in [0.29, 0.717) is 0 Å². The van der Waals surface area contributed by atoms with Crippen molar-refractivity contribution in [2.75, 3.05) is 19.6 Å². The molecule has 1 saturated carbocycles. The topological polar surface area (TPSA) is 24.1 Å². The zero-order valence-corrected chi connectivity index (χ0v) is 10.1. The zero-order chi connectivity index (χ0) is 10.5. The third kappa shape index (κ3) is 3.46. The van der Waals surface area contributed by atoms with E-state index in [1.807, 2.05) is 0 Å². The van der Waals surface area contributed by atoms with Crippen molar-refractivity contribution in [2.24, 2.45) is 11.8 Å². The molecule has 0 aromatic rings. The van der Waals surface area contributed by atoms with E-state index in [1.165, 1.54) is 58.2 Å². The summed E-state index contributed by atoms with van der Waals surface area (Å²) in [6.07, 6.45) is 8.62. The first-order valence-electron chi connectivity index (χ1n) is 6.80. The molecule has 2 heteroatoms. The standard InChI is InChI=1S/C13H26N2/c1-11(12-9-14-10-12)8-15-13-6-4-2-3-5-7-13/h11-15H,2-10H2,1H3. The van der Waals surface area contributed by atoms with Gasteiger partial charge in [-0.2, -0.15) is 0 Å². The Hall–Kier alpha value is -0.0800. The van der Waals surface area contributed by atoms with Crippen molar-refractivity contribution in [2.45, 2.75) is 51.5 Å². The fourth-order valence-corrected chi connectivity index (χ4v) is 2.72. The second-order valence-electron chi connectivity index (χ2n) is 5.49. The monoisotopic (exact) mass is 210 g/mol. The van der Waals surface area contributed by atoms with Gasteiger partial charge in [0.2, 0.25) is 0 Å². The minimum atomic E-state index is 0.822. The van der Waals surface area contributed by atoms with Crippen LogP contribution in [0.4, 0.5) is 0 Å². The Morgan fingerprint density at radius 2 is 1.80 bits per heavy atom. The minimum absolute atomic E-state index is 0.822. The Bertz CT molecular complexity index is 169. The summed E-state index contributed by atoms with van der Waals surface area (Å²) in [6, 6.07) is 0.822. The first-order chi connectivity index (χ1) is 7.36. The molecule has 1 unspecified atom stereocenters. The van der Waals surface area contributed by atoms with Crippen LogP contribution in [-0.4, -0.2) is 25.7 Å². The molecule has 0 aromatic heterocycles. The van der Waals surface area contributed by atoms with Crippen molar-refractivity contribution in [1.29, 1.82) is 0 Å². The van der Waals surface area contributed by atoms with Crippen LogP contribution in [0.25, 0.3) is 0 Å². The SMILES string of the molecule is CC(CNC1CCCCCC1)C1CNC1. The largest absolute Gasteiger partial charge is 0.316 e. The van der Waals surface area contributed by atoms with Crippen molar-refractivity contribution in [3.05, 3.63) is 0 Å². The van der Waals surface area contributed by atoms with E-state index in [2.05, 4.69) is 17.6 Å². The second kappa shape index (κ2) is 5.86. The third-order valence-corrected chi connectivity index (χ3v) is 4.20. The van der Waals surface area contributed by atoms with Crippen molar-refractivity contribution < 1.29 is 0 Å². The first-order valence-corrected chi connectivity index (χ1v) is 6.80. The van der Waals surface area contributed by atoms with E-state index in [9.17, 15) is 0 Å². The predicted molar refractivity (Wildman–Crippen MR) is 65.0 cm³/mol. The van der Waals surface area contributed by atoms with E-state index in [-0.39, 0.29) is 0 Å². The molecule has 0 aromatic carbocycles. The predicted octanol–water partition coefficient (Wildman–Crippen LogP) is 2.15. The van der Waals surface area contributed by atoms with Crippen molar-refractivity contribution in [3.63, 3.8) is 0 Å². The van der Waals surface area contributed by atoms with Crippen molar-refractivity contribution in [1.82, 2.24) is 10.6 Å². The molecule has 1 saturated heterocycles. The van der Waals surface area contributed by atoms with Gasteiger partial charge in [-0.05, 0) is 44.3 Å². The van der Waals surface area contributed by atoms with Gasteiger partial charge in [-0.1, -0.05) is 32.6 Å². The van der Waals surface area contributed by atoms with Crippen molar-refractivity contribution in [3.8, 4) is 0 Å². The normalized spacial score (nSPS) is 27.0. The summed E-state index contributed by atoms with van der Waals surface area (Å²) in [5, 5.41) is 7.14. The molecule has 1 aliphatic heterocycles. The van der Waals surface area contributed by atoms with Gasteiger partial charge < -0.3 is 10.6 Å². The molecule has 2 aliphatic rings. The van der Waals surface area contributed by atoms with Crippen LogP contribution in [0.15, 0.2) is 0 Å². The van der Waals surface area contributed by atoms with Gasteiger partial charge in [0.05, 0.1) is 0 Å². The smallest absolute Gasteiger partial charge is 0.00671 e. The van der Waals surface area contributed by atoms with Crippen molar-refractivity contribution >= 4 is 0 Å². The molecule has 1 heterocycles. The summed E-state index contributed by atoms with van der Waals surface area (Å²) >= 11 is 0. The summed E-state index contributed by atoms with van der Waals surface area (Å²) in [4.78, 5) is 0. The molecule has 2 rings (SSSR count). The van der Waals surface area contributed by atoms with E-state index in [0.717, 1.165) is 17.9 Å². The summed E-state index contributed by atoms with van der Waals surface area (Å²) in [7, 11) is 0. The molecule has 2 N–H and O–H groups in total. The van der Waals surface area contributed by atoms with Gasteiger partial charge in [0.25, 0.3) is 0 Å². The van der Waals surface area contributed by atoms with E-state index < -0.39 is 0 Å². The molecule has 88 valence electrons. The van der Waals surface area contributed by atoms with Crippen LogP contribution < -0.4 is 10.6 Å². The summed E-state index contributed by atoms with van der Waals surface area (Å²) in [6.45, 7) is 6.12. The highest BCUT2D eigenvalue weighted by atomic mass is 15.0. The van der Waals surface area contributed by atoms with Crippen LogP contribution in [-0.2, 0) is 0 Å².